The Labute approximate surface area is 118 Å². The molecule has 5 nitrogen and oxygen atoms in total. The molecule has 0 saturated heterocycles. The molecule has 0 atom stereocenters. The van der Waals surface area contributed by atoms with E-state index in [-0.39, 0.29) is 5.56 Å². The van der Waals surface area contributed by atoms with Gasteiger partial charge >= 0.3 is 0 Å². The summed E-state index contributed by atoms with van der Waals surface area (Å²) in [5.74, 6) is 0.481. The van der Waals surface area contributed by atoms with Crippen molar-refractivity contribution < 1.29 is 0 Å². The van der Waals surface area contributed by atoms with Crippen molar-refractivity contribution in [3.8, 4) is 0 Å². The van der Waals surface area contributed by atoms with Crippen LogP contribution >= 0.6 is 15.9 Å². The van der Waals surface area contributed by atoms with Gasteiger partial charge in [-0.15, -0.1) is 0 Å². The van der Waals surface area contributed by atoms with E-state index in [4.69, 9.17) is 0 Å². The van der Waals surface area contributed by atoms with Gasteiger partial charge in [0.1, 0.15) is 0 Å². The van der Waals surface area contributed by atoms with Crippen molar-refractivity contribution in [3.63, 3.8) is 0 Å². The topological polar surface area (TPSA) is 69.8 Å². The number of nitrogens with zero attached hydrogens (tertiary/aromatic N) is 1. The number of hydrogen-bond acceptors (Lipinski definition) is 4. The molecule has 3 rings (SSSR count). The van der Waals surface area contributed by atoms with Crippen LogP contribution in [0.2, 0.25) is 0 Å². The normalized spacial score (nSPS) is 13.9. The van der Waals surface area contributed by atoms with Gasteiger partial charge in [0.15, 0.2) is 0 Å². The Bertz CT molecular complexity index is 651. The molecule has 98 valence electrons. The summed E-state index contributed by atoms with van der Waals surface area (Å²) in [7, 11) is 0. The second-order valence-corrected chi connectivity index (χ2v) is 5.31. The Morgan fingerprint density at radius 1 is 1.26 bits per heavy atom. The maximum absolute atomic E-state index is 12.0. The zero-order chi connectivity index (χ0) is 13.2. The molecule has 6 heteroatoms. The lowest BCUT2D eigenvalue weighted by molar-refractivity contribution is 0.620. The molecule has 0 bridgehead atoms. The summed E-state index contributed by atoms with van der Waals surface area (Å²) < 4.78 is 1.01. The first kappa shape index (κ1) is 12.4. The molecule has 2 heterocycles. The molecule has 0 fully saturated rings. The number of rotatable bonds is 2. The molecule has 1 aliphatic rings. The highest BCUT2D eigenvalue weighted by atomic mass is 79.9. The van der Waals surface area contributed by atoms with Crippen molar-refractivity contribution in [3.05, 3.63) is 50.3 Å². The minimum atomic E-state index is -0.0499. The van der Waals surface area contributed by atoms with Crippen LogP contribution in [0, 0.1) is 0 Å². The first-order valence-corrected chi connectivity index (χ1v) is 6.87. The number of aromatic nitrogens is 2. The minimum Gasteiger partial charge on any atom is -0.326 e. The molecule has 1 aliphatic heterocycles. The molecule has 3 N–H and O–H groups in total. The van der Waals surface area contributed by atoms with E-state index in [2.05, 4.69) is 36.5 Å². The molecule has 0 radical (unpaired) electrons. The molecule has 0 amide bonds. The molecule has 19 heavy (non-hydrogen) atoms. The number of nitrogens with one attached hydrogen (secondary N) is 3. The van der Waals surface area contributed by atoms with Crippen LogP contribution in [-0.4, -0.2) is 16.5 Å². The van der Waals surface area contributed by atoms with Crippen molar-refractivity contribution in [1.82, 2.24) is 15.3 Å². The fourth-order valence-corrected chi connectivity index (χ4v) is 2.36. The van der Waals surface area contributed by atoms with Crippen molar-refractivity contribution in [2.24, 2.45) is 0 Å². The second-order valence-electron chi connectivity index (χ2n) is 4.40. The van der Waals surface area contributed by atoms with Gasteiger partial charge in [-0.3, -0.25) is 9.78 Å². The Morgan fingerprint density at radius 2 is 2.05 bits per heavy atom. The van der Waals surface area contributed by atoms with Gasteiger partial charge in [0.25, 0.3) is 5.56 Å². The average Bonchev–Trinajstić information content (AvgIpc) is 2.42. The maximum atomic E-state index is 12.0. The molecule has 1 aromatic carbocycles. The van der Waals surface area contributed by atoms with E-state index in [1.54, 1.807) is 0 Å². The third kappa shape index (κ3) is 2.69. The van der Waals surface area contributed by atoms with Crippen molar-refractivity contribution >= 4 is 27.6 Å². The SMILES string of the molecule is O=c1[nH]c(Nc2ccc(Br)cc2)nc2c1CCNC2. The number of hydrogen-bond donors (Lipinski definition) is 3. The molecule has 0 unspecified atom stereocenters. The highest BCUT2D eigenvalue weighted by Gasteiger charge is 2.14. The lowest BCUT2D eigenvalue weighted by Gasteiger charge is -2.16. The summed E-state index contributed by atoms with van der Waals surface area (Å²) in [6, 6.07) is 7.70. The van der Waals surface area contributed by atoms with Gasteiger partial charge in [-0.2, -0.15) is 0 Å². The largest absolute Gasteiger partial charge is 0.326 e. The number of halogens is 1. The van der Waals surface area contributed by atoms with Crippen LogP contribution in [0.4, 0.5) is 11.6 Å². The molecule has 0 spiro atoms. The second kappa shape index (κ2) is 5.14. The standard InChI is InChI=1S/C13H13BrN4O/c14-8-1-3-9(4-2-8)16-13-17-11-7-15-6-5-10(11)12(19)18-13/h1-4,15H,5-7H2,(H2,16,17,18,19). The maximum Gasteiger partial charge on any atom is 0.255 e. The number of H-pyrrole nitrogens is 1. The predicted octanol–water partition coefficient (Wildman–Crippen LogP) is 1.92. The average molecular weight is 321 g/mol. The summed E-state index contributed by atoms with van der Waals surface area (Å²) in [5, 5.41) is 6.32. The molecule has 0 saturated carbocycles. The Hall–Kier alpha value is -1.66. The Morgan fingerprint density at radius 3 is 2.84 bits per heavy atom. The lowest BCUT2D eigenvalue weighted by atomic mass is 10.1. The van der Waals surface area contributed by atoms with E-state index in [0.29, 0.717) is 12.5 Å². The van der Waals surface area contributed by atoms with Crippen molar-refractivity contribution in [2.45, 2.75) is 13.0 Å². The fourth-order valence-electron chi connectivity index (χ4n) is 2.10. The lowest BCUT2D eigenvalue weighted by Crippen LogP contribution is -2.31. The third-order valence-corrected chi connectivity index (χ3v) is 3.58. The van der Waals surface area contributed by atoms with Crippen LogP contribution in [0.3, 0.4) is 0 Å². The van der Waals surface area contributed by atoms with Gasteiger partial charge in [-0.05, 0) is 37.2 Å². The molecular weight excluding hydrogens is 308 g/mol. The summed E-state index contributed by atoms with van der Waals surface area (Å²) in [6.07, 6.45) is 0.732. The molecular formula is C13H13BrN4O. The highest BCUT2D eigenvalue weighted by Crippen LogP contribution is 2.17. The fraction of sp³-hybridized carbons (Fsp3) is 0.231. The zero-order valence-corrected chi connectivity index (χ0v) is 11.8. The third-order valence-electron chi connectivity index (χ3n) is 3.05. The van der Waals surface area contributed by atoms with Gasteiger partial charge in [0, 0.05) is 22.3 Å². The van der Waals surface area contributed by atoms with Gasteiger partial charge in [-0.25, -0.2) is 4.98 Å². The number of benzene rings is 1. The summed E-state index contributed by atoms with van der Waals surface area (Å²) >= 11 is 3.38. The van der Waals surface area contributed by atoms with E-state index >= 15 is 0 Å². The Kier molecular flexibility index (Phi) is 3.35. The van der Waals surface area contributed by atoms with Gasteiger partial charge < -0.3 is 10.6 Å². The quantitative estimate of drug-likeness (QED) is 0.790. The van der Waals surface area contributed by atoms with E-state index in [1.807, 2.05) is 24.3 Å². The molecule has 0 aliphatic carbocycles. The highest BCUT2D eigenvalue weighted by molar-refractivity contribution is 9.10. The zero-order valence-electron chi connectivity index (χ0n) is 10.2. The van der Waals surface area contributed by atoms with E-state index in [1.165, 1.54) is 0 Å². The summed E-state index contributed by atoms with van der Waals surface area (Å²) in [6.45, 7) is 1.48. The first-order chi connectivity index (χ1) is 9.22. The van der Waals surface area contributed by atoms with Crippen LogP contribution in [0.25, 0.3) is 0 Å². The molecule has 1 aromatic heterocycles. The first-order valence-electron chi connectivity index (χ1n) is 6.08. The predicted molar refractivity (Wildman–Crippen MR) is 77.7 cm³/mol. The van der Waals surface area contributed by atoms with Gasteiger partial charge in [0.2, 0.25) is 5.95 Å². The summed E-state index contributed by atoms with van der Waals surface area (Å²) in [4.78, 5) is 19.2. The number of fused-ring (bicyclic) bond motifs is 1. The number of anilines is 2. The van der Waals surface area contributed by atoms with Crippen LogP contribution in [-0.2, 0) is 13.0 Å². The van der Waals surface area contributed by atoms with E-state index in [0.717, 1.165) is 34.4 Å². The van der Waals surface area contributed by atoms with E-state index in [9.17, 15) is 4.79 Å². The van der Waals surface area contributed by atoms with Gasteiger partial charge in [-0.1, -0.05) is 15.9 Å². The summed E-state index contributed by atoms with van der Waals surface area (Å²) in [5.41, 5.74) is 2.45. The van der Waals surface area contributed by atoms with Crippen molar-refractivity contribution in [1.29, 1.82) is 0 Å². The van der Waals surface area contributed by atoms with Crippen LogP contribution < -0.4 is 16.2 Å². The minimum absolute atomic E-state index is 0.0499. The monoisotopic (exact) mass is 320 g/mol. The van der Waals surface area contributed by atoms with E-state index < -0.39 is 0 Å². The Balaban J connectivity index is 1.91. The van der Waals surface area contributed by atoms with Crippen LogP contribution in [0.15, 0.2) is 33.5 Å². The van der Waals surface area contributed by atoms with Crippen LogP contribution in [0.1, 0.15) is 11.3 Å². The van der Waals surface area contributed by atoms with Gasteiger partial charge in [0.05, 0.1) is 5.69 Å². The molecule has 2 aromatic rings. The van der Waals surface area contributed by atoms with Crippen molar-refractivity contribution in [2.75, 3.05) is 11.9 Å². The van der Waals surface area contributed by atoms with Crippen LogP contribution in [0.5, 0.6) is 0 Å². The smallest absolute Gasteiger partial charge is 0.255 e. The number of aromatic amines is 1.